The van der Waals surface area contributed by atoms with E-state index in [-0.39, 0.29) is 5.91 Å². The molecule has 2 saturated heterocycles. The zero-order valence-electron chi connectivity index (χ0n) is 15.0. The summed E-state index contributed by atoms with van der Waals surface area (Å²) in [7, 11) is 1.83. The quantitative estimate of drug-likeness (QED) is 0.792. The second-order valence-corrected chi connectivity index (χ2v) is 6.67. The van der Waals surface area contributed by atoms with Crippen molar-refractivity contribution >= 4 is 17.3 Å². The van der Waals surface area contributed by atoms with Crippen LogP contribution in [0.2, 0.25) is 0 Å². The Bertz CT molecular complexity index is 588. The van der Waals surface area contributed by atoms with Gasteiger partial charge in [0.05, 0.1) is 18.7 Å². The Morgan fingerprint density at radius 2 is 1.79 bits per heavy atom. The fraction of sp³-hybridized carbons (Fsp3) is 0.632. The number of fused-ring (bicyclic) bond motifs is 1. The smallest absolute Gasteiger partial charge is 0.230 e. The molecule has 0 radical (unpaired) electrons. The summed E-state index contributed by atoms with van der Waals surface area (Å²) in [6.07, 6.45) is 2.76. The Morgan fingerprint density at radius 1 is 1.08 bits per heavy atom. The summed E-state index contributed by atoms with van der Waals surface area (Å²) < 4.78 is 11.2. The van der Waals surface area contributed by atoms with Gasteiger partial charge in [0.2, 0.25) is 5.91 Å². The van der Waals surface area contributed by atoms with Gasteiger partial charge in [0.15, 0.2) is 0 Å². The summed E-state index contributed by atoms with van der Waals surface area (Å²) in [6.45, 7) is 8.43. The summed E-state index contributed by atoms with van der Waals surface area (Å²) in [5, 5.41) is 0. The predicted octanol–water partition coefficient (Wildman–Crippen LogP) is 3.07. The largest absolute Gasteiger partial charge is 0.491 e. The molecule has 3 heterocycles. The summed E-state index contributed by atoms with van der Waals surface area (Å²) in [5.41, 5.74) is 2.51. The van der Waals surface area contributed by atoms with Crippen molar-refractivity contribution in [1.29, 1.82) is 0 Å². The fourth-order valence-corrected chi connectivity index (χ4v) is 3.70. The third kappa shape index (κ3) is 3.09. The number of hydrogen-bond donors (Lipinski definition) is 0. The molecule has 0 aromatic heterocycles. The minimum atomic E-state index is 0.111. The molecule has 0 aliphatic carbocycles. The summed E-state index contributed by atoms with van der Waals surface area (Å²) in [4.78, 5) is 16.1. The highest BCUT2D eigenvalue weighted by molar-refractivity contribution is 5.95. The van der Waals surface area contributed by atoms with Crippen LogP contribution in [0.25, 0.3) is 0 Å². The van der Waals surface area contributed by atoms with E-state index < -0.39 is 0 Å². The van der Waals surface area contributed by atoms with Gasteiger partial charge in [-0.2, -0.15) is 0 Å². The van der Waals surface area contributed by atoms with E-state index in [2.05, 4.69) is 17.0 Å². The minimum Gasteiger partial charge on any atom is -0.491 e. The van der Waals surface area contributed by atoms with Crippen LogP contribution in [-0.4, -0.2) is 45.9 Å². The van der Waals surface area contributed by atoms with Gasteiger partial charge in [-0.3, -0.25) is 4.79 Å². The van der Waals surface area contributed by atoms with Crippen molar-refractivity contribution in [3.8, 4) is 5.75 Å². The molecule has 3 aliphatic heterocycles. The number of nitrogens with zero attached hydrogens (tertiary/aromatic N) is 2. The van der Waals surface area contributed by atoms with Crippen LogP contribution in [0.15, 0.2) is 18.2 Å². The number of amides is 1. The molecule has 1 amide bonds. The lowest BCUT2D eigenvalue weighted by molar-refractivity contribution is -0.118. The van der Waals surface area contributed by atoms with E-state index in [9.17, 15) is 4.79 Å². The molecule has 1 aromatic rings. The molecule has 3 aliphatic rings. The highest BCUT2D eigenvalue weighted by Crippen LogP contribution is 2.44. The minimum absolute atomic E-state index is 0.111. The lowest BCUT2D eigenvalue weighted by Gasteiger charge is -2.53. The second-order valence-electron chi connectivity index (χ2n) is 6.67. The van der Waals surface area contributed by atoms with Gasteiger partial charge in [-0.05, 0) is 31.0 Å². The molecule has 2 fully saturated rings. The molecular weight excluding hydrogens is 304 g/mol. The third-order valence-corrected chi connectivity index (χ3v) is 5.22. The van der Waals surface area contributed by atoms with Crippen LogP contribution < -0.4 is 14.5 Å². The number of rotatable bonds is 1. The average molecular weight is 332 g/mol. The molecule has 0 N–H and O–H groups in total. The molecule has 5 heteroatoms. The van der Waals surface area contributed by atoms with Crippen molar-refractivity contribution in [3.63, 3.8) is 0 Å². The fourth-order valence-electron chi connectivity index (χ4n) is 3.70. The molecule has 0 unspecified atom stereocenters. The normalized spacial score (nSPS) is 21.9. The van der Waals surface area contributed by atoms with Crippen molar-refractivity contribution in [2.24, 2.45) is 5.41 Å². The number of carbonyl (C=O) groups is 1. The van der Waals surface area contributed by atoms with Crippen LogP contribution in [-0.2, 0) is 9.53 Å². The van der Waals surface area contributed by atoms with Crippen molar-refractivity contribution in [1.82, 2.24) is 0 Å². The number of benzene rings is 1. The van der Waals surface area contributed by atoms with Gasteiger partial charge in [0, 0.05) is 44.5 Å². The van der Waals surface area contributed by atoms with Gasteiger partial charge in [-0.25, -0.2) is 0 Å². The number of anilines is 2. The molecule has 1 spiro atoms. The lowest BCUT2D eigenvalue weighted by atomic mass is 9.73. The van der Waals surface area contributed by atoms with Crippen LogP contribution >= 0.6 is 0 Å². The monoisotopic (exact) mass is 332 g/mol. The first-order valence-corrected chi connectivity index (χ1v) is 9.03. The highest BCUT2D eigenvalue weighted by Gasteiger charge is 2.44. The maximum Gasteiger partial charge on any atom is 0.230 e. The molecule has 5 nitrogen and oxygen atoms in total. The Labute approximate surface area is 144 Å². The zero-order valence-corrected chi connectivity index (χ0v) is 15.0. The molecule has 0 bridgehead atoms. The maximum absolute atomic E-state index is 12.0. The van der Waals surface area contributed by atoms with Gasteiger partial charge in [-0.15, -0.1) is 0 Å². The molecule has 1 aromatic carbocycles. The molecule has 0 saturated carbocycles. The zero-order chi connectivity index (χ0) is 17.2. The van der Waals surface area contributed by atoms with E-state index >= 15 is 0 Å². The summed E-state index contributed by atoms with van der Waals surface area (Å²) >= 11 is 0. The van der Waals surface area contributed by atoms with E-state index in [1.165, 1.54) is 5.69 Å². The van der Waals surface area contributed by atoms with Gasteiger partial charge < -0.3 is 19.3 Å². The molecule has 4 rings (SSSR count). The van der Waals surface area contributed by atoms with Crippen molar-refractivity contribution in [3.05, 3.63) is 18.2 Å². The van der Waals surface area contributed by atoms with Gasteiger partial charge in [-0.1, -0.05) is 13.8 Å². The molecular formula is C19H28N2O3. The van der Waals surface area contributed by atoms with Gasteiger partial charge in [0.25, 0.3) is 0 Å². The van der Waals surface area contributed by atoms with Crippen LogP contribution in [0, 0.1) is 5.41 Å². The molecule has 0 atom stereocenters. The van der Waals surface area contributed by atoms with Gasteiger partial charge in [0.1, 0.15) is 5.75 Å². The van der Waals surface area contributed by atoms with E-state index in [1.807, 2.05) is 27.0 Å². The van der Waals surface area contributed by atoms with E-state index in [4.69, 9.17) is 9.47 Å². The SMILES string of the molecule is CC.CN1C(=O)CCOc2ccc(N3CC4(CCOCC4)C3)cc21. The highest BCUT2D eigenvalue weighted by atomic mass is 16.5. The Balaban J connectivity index is 0.000000815. The van der Waals surface area contributed by atoms with Crippen LogP contribution in [0.4, 0.5) is 11.4 Å². The van der Waals surface area contributed by atoms with Crippen molar-refractivity contribution in [2.45, 2.75) is 33.1 Å². The van der Waals surface area contributed by atoms with E-state index in [0.717, 1.165) is 50.6 Å². The molecule has 132 valence electrons. The Kier molecular flexibility index (Phi) is 4.99. The van der Waals surface area contributed by atoms with E-state index in [1.54, 1.807) is 4.90 Å². The first-order chi connectivity index (χ1) is 11.7. The Morgan fingerprint density at radius 3 is 2.50 bits per heavy atom. The van der Waals surface area contributed by atoms with Gasteiger partial charge >= 0.3 is 0 Å². The first kappa shape index (κ1) is 17.1. The summed E-state index contributed by atoms with van der Waals surface area (Å²) in [6, 6.07) is 6.19. The third-order valence-electron chi connectivity index (χ3n) is 5.22. The number of hydrogen-bond acceptors (Lipinski definition) is 4. The number of ether oxygens (including phenoxy) is 2. The van der Waals surface area contributed by atoms with E-state index in [0.29, 0.717) is 18.4 Å². The standard InChI is InChI=1S/C17H22N2O3.C2H6/c1-18-14-10-13(2-3-15(14)22-7-4-16(18)20)19-11-17(12-19)5-8-21-9-6-17;1-2/h2-3,10H,4-9,11-12H2,1H3;1-2H3. The Hall–Kier alpha value is -1.75. The topological polar surface area (TPSA) is 42.0 Å². The second kappa shape index (κ2) is 7.01. The predicted molar refractivity (Wildman–Crippen MR) is 96.0 cm³/mol. The average Bonchev–Trinajstić information content (AvgIpc) is 2.74. The first-order valence-electron chi connectivity index (χ1n) is 9.03. The van der Waals surface area contributed by atoms with Crippen LogP contribution in [0.5, 0.6) is 5.75 Å². The maximum atomic E-state index is 12.0. The summed E-state index contributed by atoms with van der Waals surface area (Å²) in [5.74, 6) is 0.916. The molecule has 24 heavy (non-hydrogen) atoms. The lowest BCUT2D eigenvalue weighted by Crippen LogP contribution is -2.58. The van der Waals surface area contributed by atoms with Crippen molar-refractivity contribution < 1.29 is 14.3 Å². The van der Waals surface area contributed by atoms with Crippen LogP contribution in [0.3, 0.4) is 0 Å². The number of carbonyl (C=O) groups excluding carboxylic acids is 1. The van der Waals surface area contributed by atoms with Crippen LogP contribution in [0.1, 0.15) is 33.1 Å². The van der Waals surface area contributed by atoms with Crippen molar-refractivity contribution in [2.75, 3.05) is 49.8 Å².